The van der Waals surface area contributed by atoms with Crippen LogP contribution in [0.25, 0.3) is 0 Å². The number of benzene rings is 2. The molecule has 0 heterocycles. The summed E-state index contributed by atoms with van der Waals surface area (Å²) in [6, 6.07) is 9.68. The Morgan fingerprint density at radius 3 is 2.52 bits per heavy atom. The van der Waals surface area contributed by atoms with Crippen LogP contribution in [-0.4, -0.2) is 13.5 Å². The summed E-state index contributed by atoms with van der Waals surface area (Å²) in [7, 11) is -3.72. The van der Waals surface area contributed by atoms with Gasteiger partial charge in [0.1, 0.15) is 0 Å². The van der Waals surface area contributed by atoms with Crippen molar-refractivity contribution in [3.63, 3.8) is 0 Å². The molecule has 6 heteroatoms. The van der Waals surface area contributed by atoms with Crippen LogP contribution in [0.3, 0.4) is 0 Å². The van der Waals surface area contributed by atoms with Crippen LogP contribution in [0, 0.1) is 13.8 Å². The first kappa shape index (κ1) is 15.8. The molecule has 0 aliphatic rings. The number of sulfonamides is 1. The van der Waals surface area contributed by atoms with Gasteiger partial charge in [-0.2, -0.15) is 0 Å². The fraction of sp³-hybridized carbons (Fsp3) is 0.200. The lowest BCUT2D eigenvalue weighted by Gasteiger charge is -2.13. The zero-order chi connectivity index (χ0) is 15.6. The van der Waals surface area contributed by atoms with Crippen molar-refractivity contribution in [1.29, 1.82) is 0 Å². The maximum Gasteiger partial charge on any atom is 0.261 e. The molecule has 112 valence electrons. The SMILES string of the molecule is Cc1cccc(NS(=O)(=O)c2ccc(CO)c(Cl)c2)c1C. The van der Waals surface area contributed by atoms with Crippen LogP contribution in [-0.2, 0) is 16.6 Å². The van der Waals surface area contributed by atoms with E-state index in [0.29, 0.717) is 11.3 Å². The van der Waals surface area contributed by atoms with Crippen LogP contribution in [0.1, 0.15) is 16.7 Å². The molecule has 0 unspecified atom stereocenters. The van der Waals surface area contributed by atoms with Crippen LogP contribution in [0.5, 0.6) is 0 Å². The maximum atomic E-state index is 12.4. The fourth-order valence-corrected chi connectivity index (χ4v) is 3.34. The third-order valence-corrected chi connectivity index (χ3v) is 5.07. The minimum Gasteiger partial charge on any atom is -0.392 e. The molecule has 0 bridgehead atoms. The zero-order valence-electron chi connectivity index (χ0n) is 11.7. The van der Waals surface area contributed by atoms with E-state index in [1.54, 1.807) is 12.1 Å². The van der Waals surface area contributed by atoms with Gasteiger partial charge in [-0.3, -0.25) is 4.72 Å². The largest absolute Gasteiger partial charge is 0.392 e. The third kappa shape index (κ3) is 3.37. The number of aryl methyl sites for hydroxylation is 1. The molecule has 21 heavy (non-hydrogen) atoms. The first-order chi connectivity index (χ1) is 9.85. The Kier molecular flexibility index (Phi) is 4.56. The second-order valence-corrected chi connectivity index (χ2v) is 6.85. The molecule has 2 aromatic carbocycles. The van der Waals surface area contributed by atoms with Crippen molar-refractivity contribution in [3.8, 4) is 0 Å². The van der Waals surface area contributed by atoms with Gasteiger partial charge in [-0.1, -0.05) is 29.8 Å². The van der Waals surface area contributed by atoms with Gasteiger partial charge >= 0.3 is 0 Å². The number of aliphatic hydroxyl groups is 1. The number of hydrogen-bond acceptors (Lipinski definition) is 3. The van der Waals surface area contributed by atoms with Crippen LogP contribution in [0.2, 0.25) is 5.02 Å². The van der Waals surface area contributed by atoms with Gasteiger partial charge in [0.05, 0.1) is 17.2 Å². The highest BCUT2D eigenvalue weighted by molar-refractivity contribution is 7.92. The molecular weight excluding hydrogens is 310 g/mol. The predicted octanol–water partition coefficient (Wildman–Crippen LogP) is 3.25. The summed E-state index contributed by atoms with van der Waals surface area (Å²) in [5, 5.41) is 9.29. The molecule has 0 saturated carbocycles. The van der Waals surface area contributed by atoms with Crippen LogP contribution >= 0.6 is 11.6 Å². The summed E-state index contributed by atoms with van der Waals surface area (Å²) in [6.07, 6.45) is 0. The number of aliphatic hydroxyl groups excluding tert-OH is 1. The van der Waals surface area contributed by atoms with E-state index < -0.39 is 10.0 Å². The topological polar surface area (TPSA) is 66.4 Å². The Balaban J connectivity index is 2.39. The summed E-state index contributed by atoms with van der Waals surface area (Å²) in [4.78, 5) is 0.0607. The van der Waals surface area contributed by atoms with E-state index in [-0.39, 0.29) is 16.5 Å². The fourth-order valence-electron chi connectivity index (χ4n) is 1.89. The van der Waals surface area contributed by atoms with Crippen molar-refractivity contribution < 1.29 is 13.5 Å². The molecule has 0 aliphatic carbocycles. The van der Waals surface area contributed by atoms with Crippen LogP contribution in [0.4, 0.5) is 5.69 Å². The molecular formula is C15H16ClNO3S. The highest BCUT2D eigenvalue weighted by Crippen LogP contribution is 2.25. The Labute approximate surface area is 129 Å². The number of nitrogens with one attached hydrogen (secondary N) is 1. The molecule has 0 amide bonds. The summed E-state index contributed by atoms with van der Waals surface area (Å²) in [6.45, 7) is 3.54. The molecule has 4 nitrogen and oxygen atoms in total. The lowest BCUT2D eigenvalue weighted by Crippen LogP contribution is -2.14. The number of anilines is 1. The van der Waals surface area contributed by atoms with Gasteiger partial charge in [0.2, 0.25) is 0 Å². The smallest absolute Gasteiger partial charge is 0.261 e. The standard InChI is InChI=1S/C15H16ClNO3S/c1-10-4-3-5-15(11(10)2)17-21(19,20)13-7-6-12(9-18)14(16)8-13/h3-8,17-18H,9H2,1-2H3. The van der Waals surface area contributed by atoms with E-state index in [4.69, 9.17) is 16.7 Å². The van der Waals surface area contributed by atoms with Gasteiger partial charge in [-0.05, 0) is 48.7 Å². The molecule has 0 saturated heterocycles. The second kappa shape index (κ2) is 6.05. The average Bonchev–Trinajstić information content (AvgIpc) is 2.43. The highest BCUT2D eigenvalue weighted by Gasteiger charge is 2.17. The van der Waals surface area contributed by atoms with Crippen molar-refractivity contribution >= 4 is 27.3 Å². The average molecular weight is 326 g/mol. The maximum absolute atomic E-state index is 12.4. The van der Waals surface area contributed by atoms with E-state index in [2.05, 4.69) is 4.72 Å². The van der Waals surface area contributed by atoms with Gasteiger partial charge in [0, 0.05) is 5.02 Å². The molecule has 0 radical (unpaired) electrons. The Morgan fingerprint density at radius 2 is 1.90 bits per heavy atom. The van der Waals surface area contributed by atoms with E-state index >= 15 is 0 Å². The van der Waals surface area contributed by atoms with Gasteiger partial charge in [0.15, 0.2) is 0 Å². The second-order valence-electron chi connectivity index (χ2n) is 4.76. The lowest BCUT2D eigenvalue weighted by molar-refractivity contribution is 0.282. The number of rotatable bonds is 4. The van der Waals surface area contributed by atoms with Gasteiger partial charge in [0.25, 0.3) is 10.0 Å². The van der Waals surface area contributed by atoms with E-state index in [1.807, 2.05) is 19.9 Å². The molecule has 2 N–H and O–H groups in total. The van der Waals surface area contributed by atoms with Gasteiger partial charge in [-0.15, -0.1) is 0 Å². The van der Waals surface area contributed by atoms with Crippen molar-refractivity contribution in [3.05, 3.63) is 58.1 Å². The highest BCUT2D eigenvalue weighted by atomic mass is 35.5. The predicted molar refractivity (Wildman–Crippen MR) is 84.1 cm³/mol. The van der Waals surface area contributed by atoms with Crippen molar-refractivity contribution in [2.75, 3.05) is 4.72 Å². The zero-order valence-corrected chi connectivity index (χ0v) is 13.3. The summed E-state index contributed by atoms with van der Waals surface area (Å²) in [5.41, 5.74) is 2.91. The Hall–Kier alpha value is -1.56. The lowest BCUT2D eigenvalue weighted by atomic mass is 10.1. The number of halogens is 1. The first-order valence-corrected chi connectivity index (χ1v) is 8.19. The van der Waals surface area contributed by atoms with Crippen LogP contribution in [0.15, 0.2) is 41.3 Å². The van der Waals surface area contributed by atoms with E-state index in [9.17, 15) is 8.42 Å². The molecule has 0 aliphatic heterocycles. The molecule has 2 rings (SSSR count). The van der Waals surface area contributed by atoms with E-state index in [1.165, 1.54) is 18.2 Å². The minimum atomic E-state index is -3.72. The normalized spacial score (nSPS) is 11.4. The van der Waals surface area contributed by atoms with Crippen molar-refractivity contribution in [2.24, 2.45) is 0 Å². The van der Waals surface area contributed by atoms with Crippen molar-refractivity contribution in [1.82, 2.24) is 0 Å². The van der Waals surface area contributed by atoms with E-state index in [0.717, 1.165) is 11.1 Å². The molecule has 0 spiro atoms. The monoisotopic (exact) mass is 325 g/mol. The van der Waals surface area contributed by atoms with Gasteiger partial charge in [-0.25, -0.2) is 8.42 Å². The molecule has 2 aromatic rings. The minimum absolute atomic E-state index is 0.0607. The molecule has 0 atom stereocenters. The molecule has 0 aromatic heterocycles. The third-order valence-electron chi connectivity index (χ3n) is 3.35. The summed E-state index contributed by atoms with van der Waals surface area (Å²) < 4.78 is 27.3. The van der Waals surface area contributed by atoms with Gasteiger partial charge < -0.3 is 5.11 Å². The Bertz CT molecular complexity index is 772. The number of hydrogen-bond donors (Lipinski definition) is 2. The Morgan fingerprint density at radius 1 is 1.19 bits per heavy atom. The summed E-state index contributed by atoms with van der Waals surface area (Å²) >= 11 is 5.94. The van der Waals surface area contributed by atoms with Crippen molar-refractivity contribution in [2.45, 2.75) is 25.3 Å². The first-order valence-electron chi connectivity index (χ1n) is 6.33. The molecule has 0 fully saturated rings. The summed E-state index contributed by atoms with van der Waals surface area (Å²) in [5.74, 6) is 0. The quantitative estimate of drug-likeness (QED) is 0.906. The van der Waals surface area contributed by atoms with Crippen LogP contribution < -0.4 is 4.72 Å².